The molecule has 0 aliphatic heterocycles. The van der Waals surface area contributed by atoms with Crippen molar-refractivity contribution in [3.05, 3.63) is 33.8 Å². The Balaban J connectivity index is 3.33. The molecule has 1 aromatic rings. The maximum Gasteiger partial charge on any atom is 0.341 e. The molecule has 0 unspecified atom stereocenters. The number of ether oxygens (including phenoxy) is 1. The predicted molar refractivity (Wildman–Crippen MR) is 56.9 cm³/mol. The van der Waals surface area contributed by atoms with Crippen LogP contribution in [-0.4, -0.2) is 12.6 Å². The summed E-state index contributed by atoms with van der Waals surface area (Å²) in [6.07, 6.45) is 0. The summed E-state index contributed by atoms with van der Waals surface area (Å²) in [6.45, 7) is 3.71. The highest BCUT2D eigenvalue weighted by atomic mass is 35.5. The minimum atomic E-state index is -0.553. The topological polar surface area (TPSA) is 50.1 Å². The molecule has 0 heterocycles. The fourth-order valence-electron chi connectivity index (χ4n) is 1.23. The van der Waals surface area contributed by atoms with Crippen molar-refractivity contribution >= 4 is 17.6 Å². The molecule has 0 radical (unpaired) electrons. The highest BCUT2D eigenvalue weighted by Gasteiger charge is 2.18. The van der Waals surface area contributed by atoms with Gasteiger partial charge in [0, 0.05) is 0 Å². The Hall–Kier alpha value is -1.53. The summed E-state index contributed by atoms with van der Waals surface area (Å²) in [5.74, 6) is -0.553. The molecule has 78 valence electrons. The maximum atomic E-state index is 11.5. The number of benzene rings is 1. The van der Waals surface area contributed by atoms with Crippen LogP contribution in [0.5, 0.6) is 0 Å². The van der Waals surface area contributed by atoms with Crippen LogP contribution in [0.25, 0.3) is 0 Å². The van der Waals surface area contributed by atoms with Crippen LogP contribution in [0.1, 0.15) is 28.4 Å². The highest BCUT2D eigenvalue weighted by molar-refractivity contribution is 6.33. The number of aryl methyl sites for hydroxylation is 1. The van der Waals surface area contributed by atoms with E-state index in [1.54, 1.807) is 26.0 Å². The first-order valence-electron chi connectivity index (χ1n) is 4.48. The normalized spacial score (nSPS) is 9.47. The van der Waals surface area contributed by atoms with Gasteiger partial charge in [0.05, 0.1) is 22.8 Å². The van der Waals surface area contributed by atoms with Crippen molar-refractivity contribution in [2.75, 3.05) is 6.61 Å². The van der Waals surface area contributed by atoms with E-state index in [-0.39, 0.29) is 22.8 Å². The quantitative estimate of drug-likeness (QED) is 0.725. The largest absolute Gasteiger partial charge is 0.462 e. The Morgan fingerprint density at radius 2 is 2.27 bits per heavy atom. The molecule has 0 N–H and O–H groups in total. The van der Waals surface area contributed by atoms with Crippen molar-refractivity contribution < 1.29 is 9.53 Å². The standard InChI is InChI=1S/C11H10ClNO2/c1-3-15-11(14)10-8(6-13)7(2)4-5-9(10)12/h4-5H,3H2,1-2H3. The minimum Gasteiger partial charge on any atom is -0.462 e. The van der Waals surface area contributed by atoms with E-state index in [9.17, 15) is 4.79 Å². The molecule has 0 aliphatic rings. The number of halogens is 1. The third-order valence-corrected chi connectivity index (χ3v) is 2.27. The average molecular weight is 224 g/mol. The molecule has 1 aromatic carbocycles. The molecule has 15 heavy (non-hydrogen) atoms. The zero-order valence-corrected chi connectivity index (χ0v) is 9.26. The van der Waals surface area contributed by atoms with Gasteiger partial charge in [0.15, 0.2) is 0 Å². The summed E-state index contributed by atoms with van der Waals surface area (Å²) in [6, 6.07) is 5.24. The molecule has 0 fully saturated rings. The van der Waals surface area contributed by atoms with Crippen LogP contribution in [0.3, 0.4) is 0 Å². The lowest BCUT2D eigenvalue weighted by molar-refractivity contribution is 0.0526. The van der Waals surface area contributed by atoms with Crippen LogP contribution < -0.4 is 0 Å². The Morgan fingerprint density at radius 1 is 1.60 bits per heavy atom. The number of hydrogen-bond acceptors (Lipinski definition) is 3. The molecule has 0 saturated carbocycles. The average Bonchev–Trinajstić information content (AvgIpc) is 2.21. The van der Waals surface area contributed by atoms with Crippen LogP contribution >= 0.6 is 11.6 Å². The van der Waals surface area contributed by atoms with Crippen molar-refractivity contribution in [1.82, 2.24) is 0 Å². The third kappa shape index (κ3) is 2.28. The summed E-state index contributed by atoms with van der Waals surface area (Å²) in [5.41, 5.74) is 1.15. The summed E-state index contributed by atoms with van der Waals surface area (Å²) in [4.78, 5) is 11.5. The van der Waals surface area contributed by atoms with Crippen molar-refractivity contribution in [3.63, 3.8) is 0 Å². The summed E-state index contributed by atoms with van der Waals surface area (Å²) in [5, 5.41) is 9.17. The monoisotopic (exact) mass is 223 g/mol. The number of hydrogen-bond donors (Lipinski definition) is 0. The van der Waals surface area contributed by atoms with E-state index in [0.29, 0.717) is 5.56 Å². The van der Waals surface area contributed by atoms with Gasteiger partial charge in [0.25, 0.3) is 0 Å². The lowest BCUT2D eigenvalue weighted by Crippen LogP contribution is -2.08. The fraction of sp³-hybridized carbons (Fsp3) is 0.273. The van der Waals surface area contributed by atoms with E-state index in [0.717, 1.165) is 0 Å². The Bertz CT molecular complexity index is 435. The second-order valence-electron chi connectivity index (χ2n) is 2.95. The molecule has 0 atom stereocenters. The van der Waals surface area contributed by atoms with E-state index in [4.69, 9.17) is 21.6 Å². The van der Waals surface area contributed by atoms with Gasteiger partial charge < -0.3 is 4.74 Å². The van der Waals surface area contributed by atoms with E-state index < -0.39 is 5.97 Å². The molecule has 0 aliphatic carbocycles. The minimum absolute atomic E-state index is 0.154. The zero-order chi connectivity index (χ0) is 11.4. The van der Waals surface area contributed by atoms with Gasteiger partial charge in [-0.2, -0.15) is 5.26 Å². The van der Waals surface area contributed by atoms with Gasteiger partial charge in [0.1, 0.15) is 6.07 Å². The summed E-state index contributed by atoms with van der Waals surface area (Å²) in [7, 11) is 0. The molecule has 0 bridgehead atoms. The van der Waals surface area contributed by atoms with Gasteiger partial charge in [-0.3, -0.25) is 0 Å². The first-order valence-corrected chi connectivity index (χ1v) is 4.86. The van der Waals surface area contributed by atoms with Gasteiger partial charge in [0.2, 0.25) is 0 Å². The van der Waals surface area contributed by atoms with E-state index in [1.807, 2.05) is 6.07 Å². The summed E-state index contributed by atoms with van der Waals surface area (Å²) >= 11 is 5.86. The lowest BCUT2D eigenvalue weighted by Gasteiger charge is -2.07. The van der Waals surface area contributed by atoms with E-state index >= 15 is 0 Å². The first-order chi connectivity index (χ1) is 7.11. The summed E-state index contributed by atoms with van der Waals surface area (Å²) < 4.78 is 4.83. The van der Waals surface area contributed by atoms with Crippen molar-refractivity contribution in [2.24, 2.45) is 0 Å². The molecule has 0 aromatic heterocycles. The van der Waals surface area contributed by atoms with Crippen molar-refractivity contribution in [3.8, 4) is 6.07 Å². The predicted octanol–water partition coefficient (Wildman–Crippen LogP) is 2.70. The number of carbonyl (C=O) groups excluding carboxylic acids is 1. The molecule has 3 nitrogen and oxygen atoms in total. The van der Waals surface area contributed by atoms with Crippen molar-refractivity contribution in [1.29, 1.82) is 5.26 Å². The van der Waals surface area contributed by atoms with E-state index in [1.165, 1.54) is 0 Å². The Morgan fingerprint density at radius 3 is 2.80 bits per heavy atom. The second kappa shape index (κ2) is 4.81. The fourth-order valence-corrected chi connectivity index (χ4v) is 1.46. The molecular weight excluding hydrogens is 214 g/mol. The van der Waals surface area contributed by atoms with Gasteiger partial charge in [-0.05, 0) is 25.5 Å². The molecule has 1 rings (SSSR count). The van der Waals surface area contributed by atoms with Crippen LogP contribution in [0.15, 0.2) is 12.1 Å². The van der Waals surface area contributed by atoms with Crippen LogP contribution in [0.2, 0.25) is 5.02 Å². The molecular formula is C11H10ClNO2. The SMILES string of the molecule is CCOC(=O)c1c(Cl)ccc(C)c1C#N. The second-order valence-corrected chi connectivity index (χ2v) is 3.35. The Labute approximate surface area is 93.2 Å². The molecule has 4 heteroatoms. The van der Waals surface area contributed by atoms with Gasteiger partial charge >= 0.3 is 5.97 Å². The highest BCUT2D eigenvalue weighted by Crippen LogP contribution is 2.23. The van der Waals surface area contributed by atoms with Crippen LogP contribution in [-0.2, 0) is 4.74 Å². The molecule has 0 saturated heterocycles. The molecule has 0 amide bonds. The number of nitriles is 1. The maximum absolute atomic E-state index is 11.5. The number of esters is 1. The van der Waals surface area contributed by atoms with Crippen LogP contribution in [0.4, 0.5) is 0 Å². The number of carbonyl (C=O) groups is 1. The van der Waals surface area contributed by atoms with Crippen molar-refractivity contribution in [2.45, 2.75) is 13.8 Å². The first kappa shape index (κ1) is 11.5. The number of nitrogens with zero attached hydrogens (tertiary/aromatic N) is 1. The van der Waals surface area contributed by atoms with Gasteiger partial charge in [-0.25, -0.2) is 4.79 Å². The number of rotatable bonds is 2. The van der Waals surface area contributed by atoms with Gasteiger partial charge in [-0.1, -0.05) is 17.7 Å². The van der Waals surface area contributed by atoms with Crippen LogP contribution in [0, 0.1) is 18.3 Å². The smallest absolute Gasteiger partial charge is 0.341 e. The Kier molecular flexibility index (Phi) is 3.70. The third-order valence-electron chi connectivity index (χ3n) is 1.95. The zero-order valence-electron chi connectivity index (χ0n) is 8.50. The lowest BCUT2D eigenvalue weighted by atomic mass is 10.0. The molecule has 0 spiro atoms. The van der Waals surface area contributed by atoms with E-state index in [2.05, 4.69) is 0 Å². The van der Waals surface area contributed by atoms with Gasteiger partial charge in [-0.15, -0.1) is 0 Å².